The molecule has 0 aliphatic carbocycles. The number of likely N-dealkylation sites (N-methyl/N-ethyl adjacent to an activating group) is 1. The Morgan fingerprint density at radius 3 is 2.12 bits per heavy atom. The molecule has 0 radical (unpaired) electrons. The van der Waals surface area contributed by atoms with Crippen LogP contribution in [-0.4, -0.2) is 50.9 Å². The summed E-state index contributed by atoms with van der Waals surface area (Å²) < 4.78 is 47.6. The molecule has 0 aromatic heterocycles. The minimum Gasteiger partial charge on any atom is -0.494 e. The maximum atomic E-state index is 13.9. The molecule has 0 unspecified atom stereocenters. The van der Waals surface area contributed by atoms with Crippen molar-refractivity contribution in [2.75, 3.05) is 24.0 Å². The van der Waals surface area contributed by atoms with Gasteiger partial charge >= 0.3 is 0 Å². The number of carbonyl (C=O) groups is 2. The molecule has 0 bridgehead atoms. The van der Waals surface area contributed by atoms with Gasteiger partial charge in [0.2, 0.25) is 11.8 Å². The van der Waals surface area contributed by atoms with Crippen molar-refractivity contribution in [1.29, 1.82) is 0 Å². The van der Waals surface area contributed by atoms with E-state index in [-0.39, 0.29) is 23.0 Å². The predicted octanol–water partition coefficient (Wildman–Crippen LogP) is 5.02. The van der Waals surface area contributed by atoms with Crippen molar-refractivity contribution in [3.63, 3.8) is 0 Å². The number of amides is 2. The maximum absolute atomic E-state index is 13.9. The number of nitrogens with one attached hydrogen (secondary N) is 1. The molecule has 1 N–H and O–H groups in total. The Bertz CT molecular complexity index is 1380. The van der Waals surface area contributed by atoms with E-state index in [2.05, 4.69) is 5.32 Å². The average molecular weight is 590 g/mol. The Kier molecular flexibility index (Phi) is 10.9. The van der Waals surface area contributed by atoms with Crippen molar-refractivity contribution in [2.45, 2.75) is 44.7 Å². The first-order chi connectivity index (χ1) is 19.1. The van der Waals surface area contributed by atoms with Gasteiger partial charge in [-0.2, -0.15) is 0 Å². The third-order valence-corrected chi connectivity index (χ3v) is 8.16. The van der Waals surface area contributed by atoms with E-state index in [0.717, 1.165) is 34.1 Å². The monoisotopic (exact) mass is 589 g/mol. The Balaban J connectivity index is 2.05. The fourth-order valence-corrected chi connectivity index (χ4v) is 5.68. The lowest BCUT2D eigenvalue weighted by Gasteiger charge is -2.33. The van der Waals surface area contributed by atoms with Crippen LogP contribution in [0.25, 0.3) is 0 Å². The SMILES string of the molecule is CCNC(=O)[C@@H](CC)N(Cc1ccc(Cl)cc1)C(=O)CN(c1ccc(OCC)cc1)S(=O)(=O)c1ccc(F)cc1. The van der Waals surface area contributed by atoms with Gasteiger partial charge < -0.3 is 15.0 Å². The van der Waals surface area contributed by atoms with Gasteiger partial charge in [-0.3, -0.25) is 13.9 Å². The summed E-state index contributed by atoms with van der Waals surface area (Å²) in [5.41, 5.74) is 0.924. The highest BCUT2D eigenvalue weighted by Gasteiger charge is 2.33. The van der Waals surface area contributed by atoms with Crippen molar-refractivity contribution >= 4 is 39.1 Å². The molecule has 3 aromatic carbocycles. The van der Waals surface area contributed by atoms with E-state index in [1.165, 1.54) is 17.0 Å². The molecule has 0 saturated heterocycles. The van der Waals surface area contributed by atoms with Gasteiger partial charge in [-0.25, -0.2) is 12.8 Å². The number of halogens is 2. The number of anilines is 1. The molecular formula is C29H33ClFN3O5S. The van der Waals surface area contributed by atoms with Crippen LogP contribution in [-0.2, 0) is 26.2 Å². The lowest BCUT2D eigenvalue weighted by atomic mass is 10.1. The Morgan fingerprint density at radius 2 is 1.57 bits per heavy atom. The van der Waals surface area contributed by atoms with Crippen LogP contribution in [0.1, 0.15) is 32.8 Å². The van der Waals surface area contributed by atoms with E-state index < -0.39 is 34.3 Å². The van der Waals surface area contributed by atoms with Gasteiger partial charge in [-0.1, -0.05) is 30.7 Å². The Hall–Kier alpha value is -3.63. The highest BCUT2D eigenvalue weighted by molar-refractivity contribution is 7.92. The second kappa shape index (κ2) is 14.1. The van der Waals surface area contributed by atoms with Crippen LogP contribution in [0.2, 0.25) is 5.02 Å². The van der Waals surface area contributed by atoms with E-state index in [9.17, 15) is 22.4 Å². The second-order valence-corrected chi connectivity index (χ2v) is 11.2. The van der Waals surface area contributed by atoms with Crippen molar-refractivity contribution < 1.29 is 27.1 Å². The van der Waals surface area contributed by atoms with Crippen LogP contribution in [0, 0.1) is 5.82 Å². The largest absolute Gasteiger partial charge is 0.494 e. The number of benzene rings is 3. The third-order valence-electron chi connectivity index (χ3n) is 6.12. The van der Waals surface area contributed by atoms with Crippen LogP contribution < -0.4 is 14.4 Å². The molecule has 0 spiro atoms. The number of ether oxygens (including phenoxy) is 1. The molecule has 0 aliphatic heterocycles. The smallest absolute Gasteiger partial charge is 0.264 e. The summed E-state index contributed by atoms with van der Waals surface area (Å²) in [6.45, 7) is 5.63. The number of nitrogens with zero attached hydrogens (tertiary/aromatic N) is 2. The van der Waals surface area contributed by atoms with Crippen molar-refractivity contribution in [1.82, 2.24) is 10.2 Å². The minimum absolute atomic E-state index is 0.0549. The molecule has 0 fully saturated rings. The number of sulfonamides is 1. The lowest BCUT2D eigenvalue weighted by Crippen LogP contribution is -2.52. The molecule has 3 rings (SSSR count). The molecule has 0 saturated carbocycles. The van der Waals surface area contributed by atoms with Crippen LogP contribution in [0.3, 0.4) is 0 Å². The number of hydrogen-bond donors (Lipinski definition) is 1. The molecule has 11 heteroatoms. The quantitative estimate of drug-likeness (QED) is 0.302. The predicted molar refractivity (Wildman–Crippen MR) is 153 cm³/mol. The molecule has 3 aromatic rings. The summed E-state index contributed by atoms with van der Waals surface area (Å²) in [7, 11) is -4.31. The van der Waals surface area contributed by atoms with Crippen LogP contribution >= 0.6 is 11.6 Å². The van der Waals surface area contributed by atoms with Gasteiger partial charge in [-0.15, -0.1) is 0 Å². The van der Waals surface area contributed by atoms with Gasteiger partial charge in [0.25, 0.3) is 10.0 Å². The zero-order valence-electron chi connectivity index (χ0n) is 22.6. The number of rotatable bonds is 13. The van der Waals surface area contributed by atoms with Crippen molar-refractivity contribution in [3.05, 3.63) is 89.2 Å². The molecule has 214 valence electrons. The fraction of sp³-hybridized carbons (Fsp3) is 0.310. The molecule has 0 heterocycles. The summed E-state index contributed by atoms with van der Waals surface area (Å²) in [6, 6.07) is 16.6. The summed E-state index contributed by atoms with van der Waals surface area (Å²) in [5.74, 6) is -0.998. The summed E-state index contributed by atoms with van der Waals surface area (Å²) in [4.78, 5) is 28.1. The van der Waals surface area contributed by atoms with E-state index in [1.807, 2.05) is 6.92 Å². The molecule has 0 aliphatic rings. The van der Waals surface area contributed by atoms with Crippen molar-refractivity contribution in [2.24, 2.45) is 0 Å². The van der Waals surface area contributed by atoms with E-state index >= 15 is 0 Å². The van der Waals surface area contributed by atoms with Gasteiger partial charge in [0.15, 0.2) is 0 Å². The topological polar surface area (TPSA) is 96.0 Å². The molecule has 40 heavy (non-hydrogen) atoms. The Labute approximate surface area is 239 Å². The van der Waals surface area contributed by atoms with E-state index in [4.69, 9.17) is 16.3 Å². The molecule has 8 nitrogen and oxygen atoms in total. The summed E-state index contributed by atoms with van der Waals surface area (Å²) >= 11 is 6.03. The summed E-state index contributed by atoms with van der Waals surface area (Å²) in [5, 5.41) is 3.27. The first-order valence-electron chi connectivity index (χ1n) is 12.9. The van der Waals surface area contributed by atoms with Crippen molar-refractivity contribution in [3.8, 4) is 5.75 Å². The molecular weight excluding hydrogens is 557 g/mol. The minimum atomic E-state index is -4.31. The standard InChI is InChI=1S/C29H33ClFN3O5S/c1-4-27(29(36)32-5-2)33(19-21-7-9-22(30)10-8-21)28(35)20-34(24-13-15-25(16-14-24)39-6-3)40(37,38)26-17-11-23(31)12-18-26/h7-18,27H,4-6,19-20H2,1-3H3,(H,32,36)/t27-/m1/s1. The fourth-order valence-electron chi connectivity index (χ4n) is 4.14. The first kappa shape index (κ1) is 30.9. The number of carbonyl (C=O) groups excluding carboxylic acids is 2. The van der Waals surface area contributed by atoms with Gasteiger partial charge in [0, 0.05) is 18.1 Å². The van der Waals surface area contributed by atoms with E-state index in [0.29, 0.717) is 30.3 Å². The van der Waals surface area contributed by atoms with Gasteiger partial charge in [-0.05, 0) is 86.5 Å². The van der Waals surface area contributed by atoms with Gasteiger partial charge in [0.1, 0.15) is 24.2 Å². The van der Waals surface area contributed by atoms with Crippen LogP contribution in [0.5, 0.6) is 5.75 Å². The molecule has 2 amide bonds. The van der Waals surface area contributed by atoms with Gasteiger partial charge in [0.05, 0.1) is 17.2 Å². The van der Waals surface area contributed by atoms with Crippen LogP contribution in [0.15, 0.2) is 77.7 Å². The highest BCUT2D eigenvalue weighted by atomic mass is 35.5. The first-order valence-corrected chi connectivity index (χ1v) is 14.7. The average Bonchev–Trinajstić information content (AvgIpc) is 2.93. The molecule has 1 atom stereocenters. The van der Waals surface area contributed by atoms with Crippen LogP contribution in [0.4, 0.5) is 10.1 Å². The second-order valence-electron chi connectivity index (χ2n) is 8.86. The highest BCUT2D eigenvalue weighted by Crippen LogP contribution is 2.27. The lowest BCUT2D eigenvalue weighted by molar-refractivity contribution is -0.140. The zero-order chi connectivity index (χ0) is 29.3. The Morgan fingerprint density at radius 1 is 0.950 bits per heavy atom. The normalized spacial score (nSPS) is 11.9. The third kappa shape index (κ3) is 7.73. The summed E-state index contributed by atoms with van der Waals surface area (Å²) in [6.07, 6.45) is 0.304. The maximum Gasteiger partial charge on any atom is 0.264 e. The zero-order valence-corrected chi connectivity index (χ0v) is 24.2. The van der Waals surface area contributed by atoms with E-state index in [1.54, 1.807) is 50.2 Å². The number of hydrogen-bond acceptors (Lipinski definition) is 5.